The Bertz CT molecular complexity index is 391. The molecular formula is C14H21NO2. The number of hydrogen-bond donors (Lipinski definition) is 1. The van der Waals surface area contributed by atoms with E-state index in [9.17, 15) is 0 Å². The molecule has 0 saturated carbocycles. The zero-order valence-corrected chi connectivity index (χ0v) is 11.0. The van der Waals surface area contributed by atoms with Gasteiger partial charge in [0.05, 0.1) is 12.3 Å². The molecule has 3 heteroatoms. The van der Waals surface area contributed by atoms with Gasteiger partial charge in [0.25, 0.3) is 0 Å². The minimum Gasteiger partial charge on any atom is -0.494 e. The second kappa shape index (κ2) is 5.71. The lowest BCUT2D eigenvalue weighted by Gasteiger charge is -2.18. The van der Waals surface area contributed by atoms with Crippen molar-refractivity contribution in [2.24, 2.45) is 10.6 Å². The molecule has 0 atom stereocenters. The fourth-order valence-electron chi connectivity index (χ4n) is 1.34. The van der Waals surface area contributed by atoms with Crippen molar-refractivity contribution in [3.63, 3.8) is 0 Å². The van der Waals surface area contributed by atoms with Crippen LogP contribution in [0.5, 0.6) is 5.75 Å². The topological polar surface area (TPSA) is 41.8 Å². The Labute approximate surface area is 103 Å². The van der Waals surface area contributed by atoms with Gasteiger partial charge in [-0.25, -0.2) is 0 Å². The summed E-state index contributed by atoms with van der Waals surface area (Å²) in [6.07, 6.45) is 1.00. The highest BCUT2D eigenvalue weighted by atomic mass is 16.5. The first kappa shape index (κ1) is 13.6. The summed E-state index contributed by atoms with van der Waals surface area (Å²) in [6, 6.07) is 7.59. The minimum atomic E-state index is 0.278. The van der Waals surface area contributed by atoms with Crippen LogP contribution in [0.4, 0.5) is 0 Å². The molecule has 17 heavy (non-hydrogen) atoms. The van der Waals surface area contributed by atoms with E-state index in [1.54, 1.807) is 6.92 Å². The Morgan fingerprint density at radius 3 is 2.65 bits per heavy atom. The maximum absolute atomic E-state index is 8.71. The fraction of sp³-hybridized carbons (Fsp3) is 0.500. The molecule has 94 valence electrons. The lowest BCUT2D eigenvalue weighted by atomic mass is 9.93. The molecular weight excluding hydrogens is 214 g/mol. The molecule has 0 fully saturated rings. The molecule has 0 unspecified atom stereocenters. The molecule has 0 heterocycles. The molecule has 3 nitrogen and oxygen atoms in total. The molecule has 0 aliphatic rings. The highest BCUT2D eigenvalue weighted by molar-refractivity contribution is 5.98. The van der Waals surface area contributed by atoms with E-state index >= 15 is 0 Å². The molecule has 0 spiro atoms. The summed E-state index contributed by atoms with van der Waals surface area (Å²) >= 11 is 0. The molecule has 1 rings (SSSR count). The van der Waals surface area contributed by atoms with Gasteiger partial charge in [0.1, 0.15) is 5.75 Å². The first-order chi connectivity index (χ1) is 7.92. The number of rotatable bonds is 4. The van der Waals surface area contributed by atoms with E-state index in [1.807, 2.05) is 24.3 Å². The number of hydrogen-bond acceptors (Lipinski definition) is 3. The van der Waals surface area contributed by atoms with Crippen LogP contribution in [0.25, 0.3) is 0 Å². The first-order valence-electron chi connectivity index (χ1n) is 5.84. The van der Waals surface area contributed by atoms with Crippen LogP contribution in [0.2, 0.25) is 0 Å². The Hall–Kier alpha value is -1.51. The van der Waals surface area contributed by atoms with Crippen LogP contribution >= 0.6 is 0 Å². The number of nitrogens with zero attached hydrogens (tertiary/aromatic N) is 1. The Kier molecular flexibility index (Phi) is 4.55. The van der Waals surface area contributed by atoms with Crippen LogP contribution in [0.3, 0.4) is 0 Å². The summed E-state index contributed by atoms with van der Waals surface area (Å²) < 4.78 is 5.68. The van der Waals surface area contributed by atoms with Gasteiger partial charge in [-0.05, 0) is 30.9 Å². The smallest absolute Gasteiger partial charge is 0.119 e. The molecule has 0 aliphatic carbocycles. The maximum atomic E-state index is 8.71. The predicted octanol–water partition coefficient (Wildman–Crippen LogP) is 3.70. The summed E-state index contributed by atoms with van der Waals surface area (Å²) in [6.45, 7) is 9.02. The average molecular weight is 235 g/mol. The lowest BCUT2D eigenvalue weighted by Crippen LogP contribution is -2.11. The second-order valence-corrected chi connectivity index (χ2v) is 5.37. The Morgan fingerprint density at radius 1 is 1.35 bits per heavy atom. The Balaban J connectivity index is 2.61. The molecule has 0 bridgehead atoms. The first-order valence-corrected chi connectivity index (χ1v) is 5.84. The van der Waals surface area contributed by atoms with Crippen molar-refractivity contribution in [2.75, 3.05) is 6.61 Å². The third-order valence-electron chi connectivity index (χ3n) is 2.52. The van der Waals surface area contributed by atoms with Crippen LogP contribution in [-0.4, -0.2) is 17.5 Å². The molecule has 1 aromatic rings. The van der Waals surface area contributed by atoms with E-state index in [2.05, 4.69) is 25.9 Å². The van der Waals surface area contributed by atoms with Gasteiger partial charge in [0.2, 0.25) is 0 Å². The zero-order chi connectivity index (χ0) is 12.9. The second-order valence-electron chi connectivity index (χ2n) is 5.37. The minimum absolute atomic E-state index is 0.278. The predicted molar refractivity (Wildman–Crippen MR) is 70.0 cm³/mol. The van der Waals surface area contributed by atoms with Crippen molar-refractivity contribution in [1.82, 2.24) is 0 Å². The largest absolute Gasteiger partial charge is 0.494 e. The number of oxime groups is 1. The van der Waals surface area contributed by atoms with Crippen LogP contribution in [-0.2, 0) is 0 Å². The summed E-state index contributed by atoms with van der Waals surface area (Å²) in [5, 5.41) is 11.9. The molecule has 1 aromatic carbocycles. The van der Waals surface area contributed by atoms with Crippen LogP contribution in [0, 0.1) is 5.41 Å². The molecule has 0 aliphatic heterocycles. The molecule has 1 N–H and O–H groups in total. The standard InChI is InChI=1S/C14H21NO2/c1-11(15-16)12-6-5-7-13(10-12)17-9-8-14(2,3)4/h5-7,10,16H,8-9H2,1-4H3/b15-11-. The normalized spacial score (nSPS) is 12.6. The third kappa shape index (κ3) is 4.89. The van der Waals surface area contributed by atoms with Crippen molar-refractivity contribution in [3.05, 3.63) is 29.8 Å². The van der Waals surface area contributed by atoms with Crippen molar-refractivity contribution >= 4 is 5.71 Å². The van der Waals surface area contributed by atoms with E-state index < -0.39 is 0 Å². The van der Waals surface area contributed by atoms with Gasteiger partial charge in [-0.1, -0.05) is 38.1 Å². The third-order valence-corrected chi connectivity index (χ3v) is 2.52. The van der Waals surface area contributed by atoms with Gasteiger partial charge in [-0.2, -0.15) is 0 Å². The van der Waals surface area contributed by atoms with Crippen molar-refractivity contribution in [1.29, 1.82) is 0 Å². The van der Waals surface area contributed by atoms with Crippen molar-refractivity contribution in [3.8, 4) is 5.75 Å². The lowest BCUT2D eigenvalue weighted by molar-refractivity contribution is 0.243. The highest BCUT2D eigenvalue weighted by Gasteiger charge is 2.10. The quantitative estimate of drug-likeness (QED) is 0.491. The zero-order valence-electron chi connectivity index (χ0n) is 11.0. The SMILES string of the molecule is C/C(=N/O)c1cccc(OCCC(C)(C)C)c1. The van der Waals surface area contributed by atoms with Crippen molar-refractivity contribution < 1.29 is 9.94 Å². The summed E-state index contributed by atoms with van der Waals surface area (Å²) in [4.78, 5) is 0. The summed E-state index contributed by atoms with van der Waals surface area (Å²) in [5.74, 6) is 0.815. The van der Waals surface area contributed by atoms with Crippen molar-refractivity contribution in [2.45, 2.75) is 34.1 Å². The van der Waals surface area contributed by atoms with Gasteiger partial charge in [-0.3, -0.25) is 0 Å². The molecule has 0 aromatic heterocycles. The van der Waals surface area contributed by atoms with Gasteiger partial charge in [-0.15, -0.1) is 0 Å². The van der Waals surface area contributed by atoms with Gasteiger partial charge in [0, 0.05) is 5.56 Å². The highest BCUT2D eigenvalue weighted by Crippen LogP contribution is 2.20. The van der Waals surface area contributed by atoms with Crippen LogP contribution < -0.4 is 4.74 Å². The Morgan fingerprint density at radius 2 is 2.06 bits per heavy atom. The average Bonchev–Trinajstić information content (AvgIpc) is 2.27. The summed E-state index contributed by atoms with van der Waals surface area (Å²) in [7, 11) is 0. The monoisotopic (exact) mass is 235 g/mol. The van der Waals surface area contributed by atoms with Crippen LogP contribution in [0.15, 0.2) is 29.4 Å². The van der Waals surface area contributed by atoms with E-state index in [-0.39, 0.29) is 5.41 Å². The van der Waals surface area contributed by atoms with E-state index in [1.165, 1.54) is 0 Å². The number of ether oxygens (including phenoxy) is 1. The fourth-order valence-corrected chi connectivity index (χ4v) is 1.34. The molecule has 0 saturated heterocycles. The van der Waals surface area contributed by atoms with Gasteiger partial charge >= 0.3 is 0 Å². The van der Waals surface area contributed by atoms with Gasteiger partial charge < -0.3 is 9.94 Å². The summed E-state index contributed by atoms with van der Waals surface area (Å²) in [5.41, 5.74) is 1.74. The molecule has 0 radical (unpaired) electrons. The van der Waals surface area contributed by atoms with Gasteiger partial charge in [0.15, 0.2) is 0 Å². The van der Waals surface area contributed by atoms with E-state index in [0.717, 1.165) is 17.7 Å². The van der Waals surface area contributed by atoms with E-state index in [0.29, 0.717) is 12.3 Å². The van der Waals surface area contributed by atoms with Crippen LogP contribution in [0.1, 0.15) is 39.7 Å². The molecule has 0 amide bonds. The van der Waals surface area contributed by atoms with E-state index in [4.69, 9.17) is 9.94 Å². The number of benzene rings is 1. The maximum Gasteiger partial charge on any atom is 0.119 e.